The van der Waals surface area contributed by atoms with Crippen molar-refractivity contribution in [2.24, 2.45) is 0 Å². The number of aromatic nitrogens is 2. The van der Waals surface area contributed by atoms with E-state index in [0.717, 1.165) is 5.56 Å². The first-order chi connectivity index (χ1) is 7.79. The highest BCUT2D eigenvalue weighted by Crippen LogP contribution is 2.19. The van der Waals surface area contributed by atoms with Gasteiger partial charge in [-0.3, -0.25) is 0 Å². The third-order valence-electron chi connectivity index (χ3n) is 2.11. The molecule has 0 aliphatic carbocycles. The molecule has 0 bridgehead atoms. The third kappa shape index (κ3) is 4.56. The maximum Gasteiger partial charge on any atom is 0.221 e. The van der Waals surface area contributed by atoms with E-state index in [-0.39, 0.29) is 5.60 Å². The summed E-state index contributed by atoms with van der Waals surface area (Å²) in [5, 5.41) is 0. The van der Waals surface area contributed by atoms with E-state index in [9.17, 15) is 0 Å². The monoisotopic (exact) mass is 239 g/mol. The molecule has 0 amide bonds. The van der Waals surface area contributed by atoms with Gasteiger partial charge >= 0.3 is 0 Å². The molecule has 2 N–H and O–H groups in total. The van der Waals surface area contributed by atoms with E-state index in [0.29, 0.717) is 30.7 Å². The van der Waals surface area contributed by atoms with Gasteiger partial charge < -0.3 is 15.2 Å². The Hall–Kier alpha value is -1.36. The van der Waals surface area contributed by atoms with Gasteiger partial charge in [-0.1, -0.05) is 0 Å². The van der Waals surface area contributed by atoms with Crippen LogP contribution in [0.5, 0.6) is 5.88 Å². The van der Waals surface area contributed by atoms with Gasteiger partial charge in [0.05, 0.1) is 17.8 Å². The molecule has 1 aromatic rings. The molecule has 1 rings (SSSR count). The number of nitrogens with two attached hydrogens (primary N) is 1. The van der Waals surface area contributed by atoms with E-state index in [4.69, 9.17) is 15.2 Å². The van der Waals surface area contributed by atoms with Crippen molar-refractivity contribution in [3.05, 3.63) is 11.4 Å². The normalized spacial score (nSPS) is 11.6. The van der Waals surface area contributed by atoms with Crippen LogP contribution >= 0.6 is 0 Å². The highest BCUT2D eigenvalue weighted by atomic mass is 16.5. The van der Waals surface area contributed by atoms with Crippen molar-refractivity contribution in [2.45, 2.75) is 40.2 Å². The van der Waals surface area contributed by atoms with Crippen LogP contribution < -0.4 is 10.5 Å². The van der Waals surface area contributed by atoms with E-state index in [2.05, 4.69) is 9.97 Å². The Kier molecular flexibility index (Phi) is 4.28. The lowest BCUT2D eigenvalue weighted by atomic mass is 10.2. The zero-order chi connectivity index (χ0) is 13.1. The fraction of sp³-hybridized carbons (Fsp3) is 0.667. The zero-order valence-electron chi connectivity index (χ0n) is 11.2. The average Bonchev–Trinajstić information content (AvgIpc) is 2.18. The molecule has 96 valence electrons. The second-order valence-electron chi connectivity index (χ2n) is 4.90. The molecule has 0 radical (unpaired) electrons. The van der Waals surface area contributed by atoms with E-state index in [1.54, 1.807) is 6.92 Å². The van der Waals surface area contributed by atoms with Crippen LogP contribution in [-0.4, -0.2) is 28.8 Å². The summed E-state index contributed by atoms with van der Waals surface area (Å²) in [7, 11) is 0. The lowest BCUT2D eigenvalue weighted by Crippen LogP contribution is -2.22. The summed E-state index contributed by atoms with van der Waals surface area (Å²) in [5.41, 5.74) is 6.35. The maximum absolute atomic E-state index is 5.73. The molecule has 0 aliphatic rings. The van der Waals surface area contributed by atoms with Gasteiger partial charge in [-0.15, -0.1) is 0 Å². The molecule has 0 atom stereocenters. The number of hydrogen-bond acceptors (Lipinski definition) is 5. The standard InChI is InChI=1S/C12H21N3O2/c1-8-10(13)14-9(2)15-11(8)16-6-7-17-12(3,4)5/h6-7H2,1-5H3,(H2,13,14,15). The molecule has 1 heterocycles. The summed E-state index contributed by atoms with van der Waals surface area (Å²) in [6.07, 6.45) is 0. The van der Waals surface area contributed by atoms with Gasteiger partial charge in [0.15, 0.2) is 0 Å². The molecular formula is C12H21N3O2. The minimum absolute atomic E-state index is 0.154. The van der Waals surface area contributed by atoms with E-state index in [1.807, 2.05) is 27.7 Å². The molecule has 0 aliphatic heterocycles. The van der Waals surface area contributed by atoms with Crippen molar-refractivity contribution < 1.29 is 9.47 Å². The first-order valence-corrected chi connectivity index (χ1v) is 5.67. The molecule has 0 saturated heterocycles. The number of rotatable bonds is 4. The quantitative estimate of drug-likeness (QED) is 0.812. The van der Waals surface area contributed by atoms with Crippen molar-refractivity contribution in [2.75, 3.05) is 18.9 Å². The Morgan fingerprint density at radius 2 is 1.76 bits per heavy atom. The van der Waals surface area contributed by atoms with E-state index >= 15 is 0 Å². The summed E-state index contributed by atoms with van der Waals surface area (Å²) in [4.78, 5) is 8.26. The Labute approximate surface area is 102 Å². The molecule has 0 fully saturated rings. The van der Waals surface area contributed by atoms with Crippen LogP contribution in [0.3, 0.4) is 0 Å². The highest BCUT2D eigenvalue weighted by Gasteiger charge is 2.11. The van der Waals surface area contributed by atoms with Crippen molar-refractivity contribution in [3.63, 3.8) is 0 Å². The number of anilines is 1. The predicted octanol–water partition coefficient (Wildman–Crippen LogP) is 1.87. The second-order valence-corrected chi connectivity index (χ2v) is 4.90. The zero-order valence-corrected chi connectivity index (χ0v) is 11.2. The van der Waals surface area contributed by atoms with Crippen molar-refractivity contribution in [1.29, 1.82) is 0 Å². The third-order valence-corrected chi connectivity index (χ3v) is 2.11. The molecule has 17 heavy (non-hydrogen) atoms. The molecule has 1 aromatic heterocycles. The van der Waals surface area contributed by atoms with Crippen LogP contribution in [0, 0.1) is 13.8 Å². The Bertz CT molecular complexity index is 386. The van der Waals surface area contributed by atoms with Gasteiger partial charge in [0.25, 0.3) is 0 Å². The largest absolute Gasteiger partial charge is 0.475 e. The van der Waals surface area contributed by atoms with Crippen LogP contribution in [-0.2, 0) is 4.74 Å². The molecular weight excluding hydrogens is 218 g/mol. The Balaban J connectivity index is 2.52. The molecule has 0 unspecified atom stereocenters. The topological polar surface area (TPSA) is 70.3 Å². The number of hydrogen-bond donors (Lipinski definition) is 1. The lowest BCUT2D eigenvalue weighted by molar-refractivity contribution is -0.0169. The highest BCUT2D eigenvalue weighted by molar-refractivity contribution is 5.44. The maximum atomic E-state index is 5.73. The van der Waals surface area contributed by atoms with Gasteiger partial charge in [0, 0.05) is 0 Å². The van der Waals surface area contributed by atoms with E-state index in [1.165, 1.54) is 0 Å². The number of nitrogens with zero attached hydrogens (tertiary/aromatic N) is 2. The molecule has 5 heteroatoms. The summed E-state index contributed by atoms with van der Waals surface area (Å²) in [6, 6.07) is 0. The number of aryl methyl sites for hydroxylation is 1. The van der Waals surface area contributed by atoms with Gasteiger partial charge in [0.1, 0.15) is 18.2 Å². The fourth-order valence-corrected chi connectivity index (χ4v) is 1.25. The molecule has 0 saturated carbocycles. The first kappa shape index (κ1) is 13.7. The fourth-order valence-electron chi connectivity index (χ4n) is 1.25. The van der Waals surface area contributed by atoms with Crippen LogP contribution in [0.4, 0.5) is 5.82 Å². The number of nitrogen functional groups attached to an aromatic ring is 1. The molecule has 0 spiro atoms. The van der Waals surface area contributed by atoms with Crippen molar-refractivity contribution in [3.8, 4) is 5.88 Å². The van der Waals surface area contributed by atoms with E-state index < -0.39 is 0 Å². The second kappa shape index (κ2) is 5.31. The van der Waals surface area contributed by atoms with Gasteiger partial charge in [-0.25, -0.2) is 4.98 Å². The van der Waals surface area contributed by atoms with Crippen LogP contribution in [0.25, 0.3) is 0 Å². The van der Waals surface area contributed by atoms with Gasteiger partial charge in [-0.2, -0.15) is 4.98 Å². The van der Waals surface area contributed by atoms with Crippen molar-refractivity contribution in [1.82, 2.24) is 9.97 Å². The average molecular weight is 239 g/mol. The summed E-state index contributed by atoms with van der Waals surface area (Å²) >= 11 is 0. The van der Waals surface area contributed by atoms with Crippen molar-refractivity contribution >= 4 is 5.82 Å². The van der Waals surface area contributed by atoms with Crippen LogP contribution in [0.1, 0.15) is 32.2 Å². The minimum atomic E-state index is -0.154. The minimum Gasteiger partial charge on any atom is -0.475 e. The summed E-state index contributed by atoms with van der Waals surface area (Å²) in [6.45, 7) is 10.6. The molecule has 5 nitrogen and oxygen atoms in total. The van der Waals surface area contributed by atoms with Crippen LogP contribution in [0.15, 0.2) is 0 Å². The molecule has 0 aromatic carbocycles. The van der Waals surface area contributed by atoms with Gasteiger partial charge in [0.2, 0.25) is 5.88 Å². The lowest BCUT2D eigenvalue weighted by Gasteiger charge is -2.19. The van der Waals surface area contributed by atoms with Gasteiger partial charge in [-0.05, 0) is 34.6 Å². The first-order valence-electron chi connectivity index (χ1n) is 5.67. The predicted molar refractivity (Wildman–Crippen MR) is 67.1 cm³/mol. The van der Waals surface area contributed by atoms with Crippen LogP contribution in [0.2, 0.25) is 0 Å². The Morgan fingerprint density at radius 1 is 1.12 bits per heavy atom. The summed E-state index contributed by atoms with van der Waals surface area (Å²) in [5.74, 6) is 1.61. The smallest absolute Gasteiger partial charge is 0.221 e. The summed E-state index contributed by atoms with van der Waals surface area (Å²) < 4.78 is 11.1. The Morgan fingerprint density at radius 3 is 2.35 bits per heavy atom. The SMILES string of the molecule is Cc1nc(N)c(C)c(OCCOC(C)(C)C)n1. The number of ether oxygens (including phenoxy) is 2.